The van der Waals surface area contributed by atoms with Gasteiger partial charge in [-0.3, -0.25) is 4.39 Å². The number of hydrogen-bond donors (Lipinski definition) is 0. The predicted molar refractivity (Wildman–Crippen MR) is 110 cm³/mol. The van der Waals surface area contributed by atoms with Crippen LogP contribution in [0.4, 0.5) is 22.0 Å². The predicted octanol–water partition coefficient (Wildman–Crippen LogP) is 8.36. The van der Waals surface area contributed by atoms with Crippen molar-refractivity contribution >= 4 is 0 Å². The molecule has 0 N–H and O–H groups in total. The molecule has 2 fully saturated rings. The Balaban J connectivity index is 1.40. The highest BCUT2D eigenvalue weighted by Crippen LogP contribution is 2.42. The Morgan fingerprint density at radius 3 is 1.97 bits per heavy atom. The van der Waals surface area contributed by atoms with E-state index in [-0.39, 0.29) is 6.67 Å². The molecule has 0 radical (unpaired) electrons. The molecule has 3 rings (SSSR count). The van der Waals surface area contributed by atoms with E-state index in [0.29, 0.717) is 30.2 Å². The van der Waals surface area contributed by atoms with E-state index in [1.807, 2.05) is 6.08 Å². The van der Waals surface area contributed by atoms with Crippen molar-refractivity contribution in [1.82, 2.24) is 0 Å². The molecule has 0 saturated heterocycles. The second-order valence-electron chi connectivity index (χ2n) is 9.17. The molecular weight excluding hydrogens is 395 g/mol. The Kier molecular flexibility index (Phi) is 8.76. The van der Waals surface area contributed by atoms with Gasteiger partial charge >= 0.3 is 0 Å². The summed E-state index contributed by atoms with van der Waals surface area (Å²) in [4.78, 5) is 0. The van der Waals surface area contributed by atoms with Gasteiger partial charge in [-0.15, -0.1) is 0 Å². The van der Waals surface area contributed by atoms with Crippen LogP contribution in [0.25, 0.3) is 0 Å². The van der Waals surface area contributed by atoms with Crippen LogP contribution >= 0.6 is 0 Å². The summed E-state index contributed by atoms with van der Waals surface area (Å²) in [6.07, 6.45) is 12.6. The van der Waals surface area contributed by atoms with Crippen molar-refractivity contribution in [3.63, 3.8) is 0 Å². The molecule has 0 aliphatic heterocycles. The Bertz CT molecular complexity index is 660. The summed E-state index contributed by atoms with van der Waals surface area (Å²) in [7, 11) is 0. The van der Waals surface area contributed by atoms with E-state index >= 15 is 0 Å². The van der Waals surface area contributed by atoms with E-state index in [1.54, 1.807) is 0 Å². The van der Waals surface area contributed by atoms with E-state index in [1.165, 1.54) is 38.5 Å². The SMILES string of the molecule is FCC/C=C/C1CCC(C2CCC(CCc3cc(F)c(C(F)F)c(F)c3)CC2)CC1. The number of aryl methyl sites for hydroxylation is 1. The van der Waals surface area contributed by atoms with Gasteiger partial charge in [0, 0.05) is 0 Å². The van der Waals surface area contributed by atoms with E-state index in [2.05, 4.69) is 6.08 Å². The third-order valence-electron chi connectivity index (χ3n) is 7.26. The van der Waals surface area contributed by atoms with Crippen LogP contribution in [0.15, 0.2) is 24.3 Å². The molecule has 2 aliphatic carbocycles. The van der Waals surface area contributed by atoms with Gasteiger partial charge in [0.05, 0.1) is 12.2 Å². The minimum atomic E-state index is -3.13. The van der Waals surface area contributed by atoms with Crippen molar-refractivity contribution in [2.24, 2.45) is 23.7 Å². The number of alkyl halides is 3. The van der Waals surface area contributed by atoms with E-state index in [0.717, 1.165) is 43.2 Å². The van der Waals surface area contributed by atoms with Crippen LogP contribution in [0.3, 0.4) is 0 Å². The molecule has 0 bridgehead atoms. The van der Waals surface area contributed by atoms with Gasteiger partial charge in [-0.1, -0.05) is 25.0 Å². The summed E-state index contributed by atoms with van der Waals surface area (Å²) in [5, 5.41) is 0. The highest BCUT2D eigenvalue weighted by Gasteiger charge is 2.30. The van der Waals surface area contributed by atoms with Gasteiger partial charge in [-0.2, -0.15) is 0 Å². The smallest absolute Gasteiger partial charge is 0.251 e. The molecule has 0 amide bonds. The molecule has 0 spiro atoms. The summed E-state index contributed by atoms with van der Waals surface area (Å²) in [6.45, 7) is -0.278. The molecule has 0 nitrogen and oxygen atoms in total. The van der Waals surface area contributed by atoms with E-state index < -0.39 is 23.6 Å². The standard InChI is InChI=1S/C25H33F5/c26-14-2-1-3-17-6-10-20(11-7-17)21-12-8-18(9-13-21)4-5-19-15-22(27)24(25(29)30)23(28)16-19/h1,3,15-18,20-21,25H,2,4-14H2/b3-1+. The van der Waals surface area contributed by atoms with Crippen molar-refractivity contribution in [2.75, 3.05) is 6.67 Å². The summed E-state index contributed by atoms with van der Waals surface area (Å²) < 4.78 is 65.1. The molecule has 1 aromatic rings. The molecule has 2 saturated carbocycles. The van der Waals surface area contributed by atoms with Crippen LogP contribution in [-0.2, 0) is 6.42 Å². The van der Waals surface area contributed by atoms with Crippen molar-refractivity contribution in [3.05, 3.63) is 47.0 Å². The fraction of sp³-hybridized carbons (Fsp3) is 0.680. The summed E-state index contributed by atoms with van der Waals surface area (Å²) in [5.74, 6) is 0.445. The van der Waals surface area contributed by atoms with Crippen LogP contribution in [0.5, 0.6) is 0 Å². The van der Waals surface area contributed by atoms with Gasteiger partial charge < -0.3 is 0 Å². The molecule has 0 aromatic heterocycles. The molecule has 168 valence electrons. The normalized spacial score (nSPS) is 27.8. The zero-order valence-electron chi connectivity index (χ0n) is 17.6. The Hall–Kier alpha value is -1.39. The fourth-order valence-corrected chi connectivity index (χ4v) is 5.47. The van der Waals surface area contributed by atoms with Gasteiger partial charge in [-0.05, 0) is 99.2 Å². The summed E-state index contributed by atoms with van der Waals surface area (Å²) >= 11 is 0. The Labute approximate surface area is 176 Å². The molecule has 0 heterocycles. The Morgan fingerprint density at radius 2 is 1.43 bits per heavy atom. The molecular formula is C25H33F5. The van der Waals surface area contributed by atoms with Gasteiger partial charge in [0.25, 0.3) is 6.43 Å². The molecule has 1 aromatic carbocycles. The first-order chi connectivity index (χ1) is 14.5. The van der Waals surface area contributed by atoms with Crippen molar-refractivity contribution in [3.8, 4) is 0 Å². The number of hydrogen-bond acceptors (Lipinski definition) is 0. The van der Waals surface area contributed by atoms with Gasteiger partial charge in [-0.25, -0.2) is 17.6 Å². The van der Waals surface area contributed by atoms with Crippen LogP contribution in [0.1, 0.15) is 81.8 Å². The minimum Gasteiger partial charge on any atom is -0.251 e. The van der Waals surface area contributed by atoms with Crippen molar-refractivity contribution < 1.29 is 22.0 Å². The molecule has 5 heteroatoms. The number of halogens is 5. The Morgan fingerprint density at radius 1 is 0.867 bits per heavy atom. The topological polar surface area (TPSA) is 0 Å². The third-order valence-corrected chi connectivity index (χ3v) is 7.26. The summed E-state index contributed by atoms with van der Waals surface area (Å²) in [5.41, 5.74) is -0.650. The lowest BCUT2D eigenvalue weighted by Gasteiger charge is -2.37. The van der Waals surface area contributed by atoms with Crippen LogP contribution in [0.2, 0.25) is 0 Å². The summed E-state index contributed by atoms with van der Waals surface area (Å²) in [6, 6.07) is 2.13. The monoisotopic (exact) mass is 428 g/mol. The lowest BCUT2D eigenvalue weighted by molar-refractivity contribution is 0.141. The quantitative estimate of drug-likeness (QED) is 0.288. The molecule has 2 aliphatic rings. The van der Waals surface area contributed by atoms with Crippen LogP contribution < -0.4 is 0 Å². The highest BCUT2D eigenvalue weighted by molar-refractivity contribution is 5.27. The van der Waals surface area contributed by atoms with Gasteiger partial charge in [0.15, 0.2) is 0 Å². The van der Waals surface area contributed by atoms with Crippen LogP contribution in [-0.4, -0.2) is 6.67 Å². The van der Waals surface area contributed by atoms with E-state index in [4.69, 9.17) is 0 Å². The molecule has 0 atom stereocenters. The van der Waals surface area contributed by atoms with E-state index in [9.17, 15) is 22.0 Å². The zero-order valence-corrected chi connectivity index (χ0v) is 17.6. The van der Waals surface area contributed by atoms with Gasteiger partial charge in [0.1, 0.15) is 11.6 Å². The van der Waals surface area contributed by atoms with Gasteiger partial charge in [0.2, 0.25) is 0 Å². The lowest BCUT2D eigenvalue weighted by Crippen LogP contribution is -2.25. The first-order valence-electron chi connectivity index (χ1n) is 11.5. The maximum absolute atomic E-state index is 13.8. The number of rotatable bonds is 8. The first-order valence-corrected chi connectivity index (χ1v) is 11.5. The largest absolute Gasteiger partial charge is 0.269 e. The zero-order chi connectivity index (χ0) is 21.5. The van der Waals surface area contributed by atoms with Crippen molar-refractivity contribution in [1.29, 1.82) is 0 Å². The van der Waals surface area contributed by atoms with Crippen molar-refractivity contribution in [2.45, 2.75) is 77.1 Å². The second kappa shape index (κ2) is 11.3. The highest BCUT2D eigenvalue weighted by atomic mass is 19.3. The maximum atomic E-state index is 13.8. The number of benzene rings is 1. The maximum Gasteiger partial charge on any atom is 0.269 e. The second-order valence-corrected chi connectivity index (χ2v) is 9.17. The average Bonchev–Trinajstić information content (AvgIpc) is 2.73. The fourth-order valence-electron chi connectivity index (χ4n) is 5.47. The number of allylic oxidation sites excluding steroid dienone is 2. The third kappa shape index (κ3) is 6.31. The average molecular weight is 429 g/mol. The minimum absolute atomic E-state index is 0.278. The first kappa shape index (κ1) is 23.3. The van der Waals surface area contributed by atoms with Crippen LogP contribution in [0, 0.1) is 35.3 Å². The lowest BCUT2D eigenvalue weighted by atomic mass is 9.68. The molecule has 0 unspecified atom stereocenters. The molecule has 30 heavy (non-hydrogen) atoms.